The molecule has 24 heavy (non-hydrogen) atoms. The Hall–Kier alpha value is -2.90. The zero-order valence-corrected chi connectivity index (χ0v) is 13.3. The van der Waals surface area contributed by atoms with Gasteiger partial charge in [-0.1, -0.05) is 0 Å². The molecule has 2 N–H and O–H groups in total. The third-order valence-electron chi connectivity index (χ3n) is 4.13. The van der Waals surface area contributed by atoms with E-state index >= 15 is 0 Å². The van der Waals surface area contributed by atoms with E-state index in [1.54, 1.807) is 12.1 Å². The van der Waals surface area contributed by atoms with Crippen molar-refractivity contribution in [1.82, 2.24) is 9.97 Å². The second kappa shape index (κ2) is 7.12. The fourth-order valence-electron chi connectivity index (χ4n) is 2.49. The fourth-order valence-corrected chi connectivity index (χ4v) is 2.49. The molecule has 4 rings (SSSR count). The lowest BCUT2D eigenvalue weighted by atomic mass is 10.2. The molecule has 0 atom stereocenters. The summed E-state index contributed by atoms with van der Waals surface area (Å²) in [5.41, 5.74) is 7.28. The average Bonchev–Trinajstić information content (AvgIpc) is 2.47. The van der Waals surface area contributed by atoms with E-state index in [9.17, 15) is 10.1 Å². The highest BCUT2D eigenvalue weighted by atomic mass is 16.6. The molecule has 0 spiro atoms. The predicted octanol–water partition coefficient (Wildman–Crippen LogP) is 2.07. The highest BCUT2D eigenvalue weighted by Gasteiger charge is 2.23. The second-order valence-electron chi connectivity index (χ2n) is 5.73. The monoisotopic (exact) mass is 328 g/mol. The number of hydrogen-bond acceptors (Lipinski definition) is 7. The molecule has 8 nitrogen and oxygen atoms in total. The van der Waals surface area contributed by atoms with Gasteiger partial charge in [-0.3, -0.25) is 0 Å². The van der Waals surface area contributed by atoms with Crippen molar-refractivity contribution in [2.45, 2.75) is 12.8 Å². The minimum atomic E-state index is -0.437. The maximum absolute atomic E-state index is 10.6. The molecule has 2 aromatic heterocycles. The van der Waals surface area contributed by atoms with Gasteiger partial charge in [-0.2, -0.15) is 0 Å². The maximum Gasteiger partial charge on any atom is 0.387 e. The number of nitro groups is 1. The van der Waals surface area contributed by atoms with Crippen molar-refractivity contribution >= 4 is 23.0 Å². The summed E-state index contributed by atoms with van der Waals surface area (Å²) < 4.78 is 0. The molecular formula is C16H20N6O2. The first-order valence-corrected chi connectivity index (χ1v) is 7.96. The van der Waals surface area contributed by atoms with Crippen LogP contribution in [0.3, 0.4) is 0 Å². The van der Waals surface area contributed by atoms with Gasteiger partial charge in [0.2, 0.25) is 0 Å². The van der Waals surface area contributed by atoms with Crippen molar-refractivity contribution in [3.8, 4) is 0 Å². The van der Waals surface area contributed by atoms with Crippen LogP contribution in [0, 0.1) is 10.1 Å². The highest BCUT2D eigenvalue weighted by molar-refractivity contribution is 5.60. The first kappa shape index (κ1) is 16.0. The van der Waals surface area contributed by atoms with Crippen LogP contribution in [0.25, 0.3) is 0 Å². The number of anilines is 3. The zero-order valence-electron chi connectivity index (χ0n) is 13.3. The lowest BCUT2D eigenvalue weighted by molar-refractivity contribution is -0.388. The predicted molar refractivity (Wildman–Crippen MR) is 93.2 cm³/mol. The van der Waals surface area contributed by atoms with Crippen molar-refractivity contribution in [2.24, 2.45) is 0 Å². The van der Waals surface area contributed by atoms with Gasteiger partial charge in [0, 0.05) is 26.2 Å². The van der Waals surface area contributed by atoms with Crippen molar-refractivity contribution in [1.29, 1.82) is 0 Å². The number of nitrogen functional groups attached to an aromatic ring is 1. The first-order valence-electron chi connectivity index (χ1n) is 7.96. The lowest BCUT2D eigenvalue weighted by Gasteiger charge is -2.32. The molecule has 4 heterocycles. The normalized spacial score (nSPS) is 15.7. The SMILES string of the molecule is Nc1ccc(N2CCC2)cn1.O=[N+]([O-])c1ncccc1N1CCC1. The van der Waals surface area contributed by atoms with Crippen LogP contribution in [-0.4, -0.2) is 41.1 Å². The van der Waals surface area contributed by atoms with Crippen LogP contribution >= 0.6 is 0 Å². The molecule has 2 aliphatic heterocycles. The molecule has 8 heteroatoms. The third kappa shape index (κ3) is 3.53. The van der Waals surface area contributed by atoms with E-state index in [-0.39, 0.29) is 5.82 Å². The summed E-state index contributed by atoms with van der Waals surface area (Å²) in [6.45, 7) is 4.11. The van der Waals surface area contributed by atoms with Crippen LogP contribution in [0.5, 0.6) is 0 Å². The molecule has 126 valence electrons. The third-order valence-corrected chi connectivity index (χ3v) is 4.13. The van der Waals surface area contributed by atoms with Gasteiger partial charge in [0.15, 0.2) is 0 Å². The zero-order chi connectivity index (χ0) is 16.9. The Labute approximate surface area is 140 Å². The second-order valence-corrected chi connectivity index (χ2v) is 5.73. The summed E-state index contributed by atoms with van der Waals surface area (Å²) in [5.74, 6) is 0.552. The number of nitrogens with two attached hydrogens (primary N) is 1. The summed E-state index contributed by atoms with van der Waals surface area (Å²) in [4.78, 5) is 22.2. The van der Waals surface area contributed by atoms with E-state index < -0.39 is 4.92 Å². The molecule has 2 aliphatic rings. The fraction of sp³-hybridized carbons (Fsp3) is 0.375. The van der Waals surface area contributed by atoms with Gasteiger partial charge >= 0.3 is 5.82 Å². The van der Waals surface area contributed by atoms with Crippen LogP contribution < -0.4 is 15.5 Å². The molecule has 2 fully saturated rings. The highest BCUT2D eigenvalue weighted by Crippen LogP contribution is 2.28. The molecule has 2 aromatic rings. The summed E-state index contributed by atoms with van der Waals surface area (Å²) in [6.07, 6.45) is 5.67. The van der Waals surface area contributed by atoms with E-state index in [2.05, 4.69) is 14.9 Å². The quantitative estimate of drug-likeness (QED) is 0.679. The van der Waals surface area contributed by atoms with Crippen LogP contribution in [0.1, 0.15) is 12.8 Å². The summed E-state index contributed by atoms with van der Waals surface area (Å²) >= 11 is 0. The molecular weight excluding hydrogens is 308 g/mol. The molecule has 0 unspecified atom stereocenters. The van der Waals surface area contributed by atoms with Gasteiger partial charge in [0.05, 0.1) is 11.9 Å². The lowest BCUT2D eigenvalue weighted by Crippen LogP contribution is -2.37. The van der Waals surface area contributed by atoms with Gasteiger partial charge < -0.3 is 25.6 Å². The van der Waals surface area contributed by atoms with E-state index in [1.165, 1.54) is 18.3 Å². The average molecular weight is 328 g/mol. The number of pyridine rings is 2. The van der Waals surface area contributed by atoms with Gasteiger partial charge in [0.1, 0.15) is 17.7 Å². The Kier molecular flexibility index (Phi) is 4.74. The molecule has 2 saturated heterocycles. The van der Waals surface area contributed by atoms with Crippen LogP contribution in [0.15, 0.2) is 36.7 Å². The molecule has 0 saturated carbocycles. The van der Waals surface area contributed by atoms with Gasteiger partial charge in [-0.05, 0) is 47.0 Å². The van der Waals surface area contributed by atoms with E-state index in [1.807, 2.05) is 23.2 Å². The standard InChI is InChI=1S/C8H9N3O2.C8H11N3/c12-11(13)8-7(3-1-4-9-8)10-5-2-6-10;9-8-3-2-7(6-10-8)11-4-1-5-11/h1,3-4H,2,5-6H2;2-3,6H,1,4-5H2,(H2,9,10). The van der Waals surface area contributed by atoms with Crippen molar-refractivity contribution in [3.05, 3.63) is 46.8 Å². The van der Waals surface area contributed by atoms with Crippen LogP contribution in [0.2, 0.25) is 0 Å². The number of aromatic nitrogens is 2. The number of rotatable bonds is 3. The number of nitrogens with zero attached hydrogens (tertiary/aromatic N) is 5. The molecule has 0 aliphatic carbocycles. The Morgan fingerprint density at radius 1 is 1.04 bits per heavy atom. The Morgan fingerprint density at radius 2 is 1.75 bits per heavy atom. The van der Waals surface area contributed by atoms with Gasteiger partial charge in [0.25, 0.3) is 0 Å². The molecule has 0 amide bonds. The largest absolute Gasteiger partial charge is 0.387 e. The van der Waals surface area contributed by atoms with E-state index in [0.717, 1.165) is 32.6 Å². The van der Waals surface area contributed by atoms with Gasteiger partial charge in [-0.25, -0.2) is 4.98 Å². The first-order chi connectivity index (χ1) is 11.6. The Morgan fingerprint density at radius 3 is 2.25 bits per heavy atom. The maximum atomic E-state index is 10.6. The smallest absolute Gasteiger partial charge is 0.384 e. The van der Waals surface area contributed by atoms with Crippen molar-refractivity contribution in [3.63, 3.8) is 0 Å². The van der Waals surface area contributed by atoms with Crippen molar-refractivity contribution in [2.75, 3.05) is 41.7 Å². The minimum Gasteiger partial charge on any atom is -0.384 e. The minimum absolute atomic E-state index is 0.0396. The molecule has 0 bridgehead atoms. The molecule has 0 aromatic carbocycles. The van der Waals surface area contributed by atoms with E-state index in [4.69, 9.17) is 5.73 Å². The van der Waals surface area contributed by atoms with Crippen LogP contribution in [-0.2, 0) is 0 Å². The van der Waals surface area contributed by atoms with Crippen LogP contribution in [0.4, 0.5) is 23.0 Å². The van der Waals surface area contributed by atoms with Crippen molar-refractivity contribution < 1.29 is 4.92 Å². The van der Waals surface area contributed by atoms with Gasteiger partial charge in [-0.15, -0.1) is 0 Å². The van der Waals surface area contributed by atoms with E-state index in [0.29, 0.717) is 11.5 Å². The Balaban J connectivity index is 0.000000143. The summed E-state index contributed by atoms with van der Waals surface area (Å²) in [6, 6.07) is 7.32. The summed E-state index contributed by atoms with van der Waals surface area (Å²) in [7, 11) is 0. The Bertz CT molecular complexity index is 698. The number of hydrogen-bond donors (Lipinski definition) is 1. The summed E-state index contributed by atoms with van der Waals surface area (Å²) in [5, 5.41) is 10.6. The topological polar surface area (TPSA) is 101 Å². The molecule has 0 radical (unpaired) electrons.